The summed E-state index contributed by atoms with van der Waals surface area (Å²) < 4.78 is 1.75. The molecule has 0 amide bonds. The number of rotatable bonds is 5. The van der Waals surface area contributed by atoms with Crippen LogP contribution in [0.1, 0.15) is 61.7 Å². The maximum Gasteiger partial charge on any atom is 0.267 e. The molecule has 0 bridgehead atoms. The van der Waals surface area contributed by atoms with E-state index in [-0.39, 0.29) is 11.6 Å². The molecule has 0 aliphatic heterocycles. The molecule has 2 aromatic heterocycles. The third-order valence-electron chi connectivity index (χ3n) is 5.03. The fraction of sp³-hybridized carbons (Fsp3) is 0.588. The van der Waals surface area contributed by atoms with Crippen molar-refractivity contribution < 1.29 is 0 Å². The maximum absolute atomic E-state index is 12.2. The van der Waals surface area contributed by atoms with Crippen molar-refractivity contribution in [3.63, 3.8) is 0 Å². The summed E-state index contributed by atoms with van der Waals surface area (Å²) >= 11 is 0. The maximum atomic E-state index is 12.2. The normalized spacial score (nSPS) is 24.7. The molecule has 23 heavy (non-hydrogen) atoms. The molecule has 0 atom stereocenters. The van der Waals surface area contributed by atoms with Crippen molar-refractivity contribution in [2.75, 3.05) is 0 Å². The summed E-state index contributed by atoms with van der Waals surface area (Å²) in [6.07, 6.45) is 10.4. The summed E-state index contributed by atoms with van der Waals surface area (Å²) in [4.78, 5) is 12.2. The highest BCUT2D eigenvalue weighted by Gasteiger charge is 2.28. The van der Waals surface area contributed by atoms with E-state index in [1.807, 2.05) is 18.5 Å². The minimum Gasteiger partial charge on any atom is -0.310 e. The molecule has 4 rings (SSSR count). The van der Waals surface area contributed by atoms with Crippen molar-refractivity contribution in [1.29, 1.82) is 0 Å². The molecule has 2 aromatic rings. The summed E-state index contributed by atoms with van der Waals surface area (Å²) in [6, 6.07) is 4.38. The Labute approximate surface area is 135 Å². The lowest BCUT2D eigenvalue weighted by atomic mass is 9.91. The summed E-state index contributed by atoms with van der Waals surface area (Å²) in [6.45, 7) is 0.848. The third kappa shape index (κ3) is 3.37. The molecule has 0 saturated heterocycles. The van der Waals surface area contributed by atoms with Gasteiger partial charge in [-0.25, -0.2) is 4.68 Å². The topological polar surface area (TPSA) is 75.6 Å². The summed E-state index contributed by atoms with van der Waals surface area (Å²) in [5.41, 5.74) is 2.33. The Morgan fingerprint density at radius 2 is 2.00 bits per heavy atom. The van der Waals surface area contributed by atoms with Crippen LogP contribution in [0, 0.1) is 0 Å². The third-order valence-corrected chi connectivity index (χ3v) is 5.03. The van der Waals surface area contributed by atoms with E-state index in [0.29, 0.717) is 12.0 Å². The highest BCUT2D eigenvalue weighted by atomic mass is 16.1. The van der Waals surface area contributed by atoms with E-state index in [2.05, 4.69) is 20.6 Å². The van der Waals surface area contributed by atoms with Crippen LogP contribution in [0.15, 0.2) is 29.3 Å². The first-order valence-electron chi connectivity index (χ1n) is 8.60. The SMILES string of the molecule is O=c1ccc(C2CC2)nn1C1CCC(NCc2cn[nH]c2)CC1. The zero-order valence-electron chi connectivity index (χ0n) is 13.2. The van der Waals surface area contributed by atoms with Gasteiger partial charge in [0, 0.05) is 36.3 Å². The van der Waals surface area contributed by atoms with Gasteiger partial charge >= 0.3 is 0 Å². The smallest absolute Gasteiger partial charge is 0.267 e. The van der Waals surface area contributed by atoms with E-state index >= 15 is 0 Å². The number of hydrogen-bond donors (Lipinski definition) is 2. The van der Waals surface area contributed by atoms with E-state index in [9.17, 15) is 4.79 Å². The van der Waals surface area contributed by atoms with Gasteiger partial charge < -0.3 is 5.32 Å². The van der Waals surface area contributed by atoms with E-state index in [4.69, 9.17) is 0 Å². The van der Waals surface area contributed by atoms with Crippen LogP contribution >= 0.6 is 0 Å². The Morgan fingerprint density at radius 1 is 1.17 bits per heavy atom. The van der Waals surface area contributed by atoms with Crippen LogP contribution in [0.3, 0.4) is 0 Å². The second kappa shape index (κ2) is 6.28. The molecule has 2 saturated carbocycles. The van der Waals surface area contributed by atoms with Gasteiger partial charge in [0.05, 0.1) is 17.9 Å². The van der Waals surface area contributed by atoms with E-state index in [1.165, 1.54) is 18.4 Å². The Kier molecular flexibility index (Phi) is 3.99. The number of aromatic amines is 1. The molecule has 122 valence electrons. The van der Waals surface area contributed by atoms with Crippen LogP contribution in [0.2, 0.25) is 0 Å². The van der Waals surface area contributed by atoms with Crippen molar-refractivity contribution >= 4 is 0 Å². The average Bonchev–Trinajstić information content (AvgIpc) is 3.30. The van der Waals surface area contributed by atoms with Gasteiger partial charge in [-0.1, -0.05) is 0 Å². The molecule has 0 radical (unpaired) electrons. The molecule has 0 aromatic carbocycles. The Bertz CT molecular complexity index is 696. The monoisotopic (exact) mass is 313 g/mol. The van der Waals surface area contributed by atoms with Gasteiger partial charge in [0.2, 0.25) is 0 Å². The predicted octanol–water partition coefficient (Wildman–Crippen LogP) is 2.12. The fourth-order valence-corrected chi connectivity index (χ4v) is 3.46. The van der Waals surface area contributed by atoms with Crippen molar-refractivity contribution in [3.05, 3.63) is 46.1 Å². The van der Waals surface area contributed by atoms with E-state index < -0.39 is 0 Å². The number of aromatic nitrogens is 4. The standard InChI is InChI=1S/C17H23N5O/c23-17-8-7-16(13-1-2-13)21-22(17)15-5-3-14(4-6-15)18-9-12-10-19-20-11-12/h7-8,10-11,13-15,18H,1-6,9H2,(H,19,20). The van der Waals surface area contributed by atoms with Crippen LogP contribution in [-0.4, -0.2) is 26.0 Å². The van der Waals surface area contributed by atoms with Crippen LogP contribution in [0.5, 0.6) is 0 Å². The second-order valence-corrected chi connectivity index (χ2v) is 6.81. The quantitative estimate of drug-likeness (QED) is 0.886. The Balaban J connectivity index is 1.35. The molecule has 6 nitrogen and oxygen atoms in total. The first-order chi connectivity index (χ1) is 11.3. The molecule has 2 fully saturated rings. The van der Waals surface area contributed by atoms with Gasteiger partial charge in [-0.15, -0.1) is 0 Å². The first-order valence-corrected chi connectivity index (χ1v) is 8.60. The molecule has 2 aliphatic rings. The van der Waals surface area contributed by atoms with Crippen molar-refractivity contribution in [2.24, 2.45) is 0 Å². The molecular formula is C17H23N5O. The summed E-state index contributed by atoms with van der Waals surface area (Å²) in [5.74, 6) is 0.592. The molecule has 2 heterocycles. The number of nitrogens with one attached hydrogen (secondary N) is 2. The van der Waals surface area contributed by atoms with Gasteiger partial charge in [-0.2, -0.15) is 10.2 Å². The van der Waals surface area contributed by atoms with Crippen molar-refractivity contribution in [2.45, 2.75) is 63.1 Å². The van der Waals surface area contributed by atoms with Crippen LogP contribution in [-0.2, 0) is 6.54 Å². The summed E-state index contributed by atoms with van der Waals surface area (Å²) in [7, 11) is 0. The largest absolute Gasteiger partial charge is 0.310 e. The summed E-state index contributed by atoms with van der Waals surface area (Å²) in [5, 5.41) is 15.0. The molecule has 0 spiro atoms. The van der Waals surface area contributed by atoms with Crippen LogP contribution in [0.25, 0.3) is 0 Å². The van der Waals surface area contributed by atoms with E-state index in [0.717, 1.165) is 37.9 Å². The first kappa shape index (κ1) is 14.6. The Morgan fingerprint density at radius 3 is 2.70 bits per heavy atom. The van der Waals surface area contributed by atoms with Gasteiger partial charge in [0.25, 0.3) is 5.56 Å². The number of hydrogen-bond acceptors (Lipinski definition) is 4. The van der Waals surface area contributed by atoms with Crippen LogP contribution < -0.4 is 10.9 Å². The lowest BCUT2D eigenvalue weighted by Crippen LogP contribution is -2.36. The minimum atomic E-state index is 0.0456. The van der Waals surface area contributed by atoms with Crippen molar-refractivity contribution in [3.8, 4) is 0 Å². The zero-order chi connectivity index (χ0) is 15.6. The van der Waals surface area contributed by atoms with Gasteiger partial charge in [-0.3, -0.25) is 9.89 Å². The molecule has 0 unspecified atom stereocenters. The molecule has 2 N–H and O–H groups in total. The predicted molar refractivity (Wildman–Crippen MR) is 87.2 cm³/mol. The van der Waals surface area contributed by atoms with Gasteiger partial charge in [0.15, 0.2) is 0 Å². The van der Waals surface area contributed by atoms with E-state index in [1.54, 1.807) is 10.7 Å². The van der Waals surface area contributed by atoms with Crippen molar-refractivity contribution in [1.82, 2.24) is 25.3 Å². The molecule has 6 heteroatoms. The number of nitrogens with zero attached hydrogens (tertiary/aromatic N) is 3. The zero-order valence-corrected chi connectivity index (χ0v) is 13.2. The highest BCUT2D eigenvalue weighted by molar-refractivity contribution is 5.13. The number of H-pyrrole nitrogens is 1. The molecular weight excluding hydrogens is 290 g/mol. The Hall–Kier alpha value is -1.95. The lowest BCUT2D eigenvalue weighted by Gasteiger charge is -2.29. The van der Waals surface area contributed by atoms with Gasteiger partial charge in [-0.05, 0) is 44.6 Å². The van der Waals surface area contributed by atoms with Crippen LogP contribution in [0.4, 0.5) is 0 Å². The highest BCUT2D eigenvalue weighted by Crippen LogP contribution is 2.38. The second-order valence-electron chi connectivity index (χ2n) is 6.81. The van der Waals surface area contributed by atoms with Gasteiger partial charge in [0.1, 0.15) is 0 Å². The fourth-order valence-electron chi connectivity index (χ4n) is 3.46. The lowest BCUT2D eigenvalue weighted by molar-refractivity contribution is 0.267. The molecule has 2 aliphatic carbocycles. The average molecular weight is 313 g/mol. The minimum absolute atomic E-state index is 0.0456.